The van der Waals surface area contributed by atoms with Crippen molar-refractivity contribution in [3.63, 3.8) is 0 Å². The van der Waals surface area contributed by atoms with E-state index in [1.54, 1.807) is 13.2 Å². The van der Waals surface area contributed by atoms with Gasteiger partial charge in [-0.25, -0.2) is 4.39 Å². The second-order valence-corrected chi connectivity index (χ2v) is 6.45. The Labute approximate surface area is 153 Å². The average Bonchev–Trinajstić information content (AvgIpc) is 2.64. The van der Waals surface area contributed by atoms with E-state index in [0.29, 0.717) is 18.3 Å². The Balaban J connectivity index is 1.60. The average molecular weight is 359 g/mol. The summed E-state index contributed by atoms with van der Waals surface area (Å²) in [7, 11) is 1.64. The third kappa shape index (κ3) is 4.67. The van der Waals surface area contributed by atoms with Crippen molar-refractivity contribution in [3.8, 4) is 5.75 Å². The number of halogens is 1. The van der Waals surface area contributed by atoms with E-state index in [9.17, 15) is 4.39 Å². The summed E-state index contributed by atoms with van der Waals surface area (Å²) < 4.78 is 19.1. The third-order valence-corrected chi connectivity index (χ3v) is 4.59. The number of rotatable bonds is 4. The molecule has 0 amide bonds. The molecule has 1 aliphatic rings. The fraction of sp³-hybridized carbons (Fsp3) is 0.316. The smallest absolute Gasteiger partial charge is 0.174 e. The van der Waals surface area contributed by atoms with Gasteiger partial charge in [0.05, 0.1) is 13.8 Å². The van der Waals surface area contributed by atoms with Crippen molar-refractivity contribution in [3.05, 3.63) is 59.9 Å². The first-order valence-electron chi connectivity index (χ1n) is 8.31. The van der Waals surface area contributed by atoms with Gasteiger partial charge >= 0.3 is 0 Å². The molecule has 1 aliphatic heterocycles. The first-order valence-corrected chi connectivity index (χ1v) is 8.72. The van der Waals surface area contributed by atoms with Gasteiger partial charge in [-0.05, 0) is 36.8 Å². The Morgan fingerprint density at radius 3 is 2.84 bits per heavy atom. The van der Waals surface area contributed by atoms with Gasteiger partial charge in [-0.1, -0.05) is 24.3 Å². The Kier molecular flexibility index (Phi) is 5.83. The minimum Gasteiger partial charge on any atom is -0.497 e. The molecule has 25 heavy (non-hydrogen) atoms. The molecule has 1 N–H and O–H groups in total. The Bertz CT molecular complexity index is 740. The summed E-state index contributed by atoms with van der Waals surface area (Å²) in [5.74, 6) is 0.629. The van der Waals surface area contributed by atoms with Crippen LogP contribution in [0.15, 0.2) is 48.5 Å². The van der Waals surface area contributed by atoms with Gasteiger partial charge < -0.3 is 15.0 Å². The second-order valence-electron chi connectivity index (χ2n) is 6.06. The van der Waals surface area contributed by atoms with Crippen LogP contribution in [-0.4, -0.2) is 41.8 Å². The van der Waals surface area contributed by atoms with Gasteiger partial charge in [0.25, 0.3) is 0 Å². The Hall–Kier alpha value is -2.18. The molecule has 3 rings (SSSR count). The van der Waals surface area contributed by atoms with Crippen LogP contribution in [0, 0.1) is 5.82 Å². The van der Waals surface area contributed by atoms with E-state index in [4.69, 9.17) is 17.0 Å². The van der Waals surface area contributed by atoms with E-state index in [1.807, 2.05) is 36.4 Å². The van der Waals surface area contributed by atoms with Crippen molar-refractivity contribution >= 4 is 23.0 Å². The first kappa shape index (κ1) is 17.6. The van der Waals surface area contributed by atoms with E-state index in [1.165, 1.54) is 6.07 Å². The maximum Gasteiger partial charge on any atom is 0.174 e. The highest BCUT2D eigenvalue weighted by Gasteiger charge is 2.20. The Morgan fingerprint density at radius 1 is 1.20 bits per heavy atom. The third-order valence-electron chi connectivity index (χ3n) is 4.23. The highest BCUT2D eigenvalue weighted by Crippen LogP contribution is 2.19. The minimum atomic E-state index is -0.156. The van der Waals surface area contributed by atoms with Crippen LogP contribution in [0.3, 0.4) is 0 Å². The highest BCUT2D eigenvalue weighted by atomic mass is 32.1. The normalized spacial score (nSPS) is 15.0. The molecule has 0 bridgehead atoms. The minimum absolute atomic E-state index is 0.156. The molecule has 132 valence electrons. The lowest BCUT2D eigenvalue weighted by atomic mass is 10.2. The molecule has 2 aromatic rings. The highest BCUT2D eigenvalue weighted by molar-refractivity contribution is 7.80. The number of benzene rings is 2. The fourth-order valence-electron chi connectivity index (χ4n) is 2.93. The molecule has 1 saturated heterocycles. The molecule has 2 aromatic carbocycles. The van der Waals surface area contributed by atoms with Gasteiger partial charge in [0, 0.05) is 37.0 Å². The molecule has 0 radical (unpaired) electrons. The number of anilines is 1. The summed E-state index contributed by atoms with van der Waals surface area (Å²) in [6.45, 7) is 3.10. The number of methoxy groups -OCH3 is 1. The molecule has 0 aromatic heterocycles. The van der Waals surface area contributed by atoms with Gasteiger partial charge in [-0.15, -0.1) is 0 Å². The van der Waals surface area contributed by atoms with Crippen LogP contribution in [0.5, 0.6) is 5.75 Å². The summed E-state index contributed by atoms with van der Waals surface area (Å²) >= 11 is 5.55. The summed E-state index contributed by atoms with van der Waals surface area (Å²) in [6, 6.07) is 14.6. The van der Waals surface area contributed by atoms with Crippen LogP contribution < -0.4 is 10.1 Å². The molecule has 6 heteroatoms. The second kappa shape index (κ2) is 8.27. The number of hydrogen-bond donors (Lipinski definition) is 1. The predicted molar refractivity (Wildman–Crippen MR) is 102 cm³/mol. The predicted octanol–water partition coefficient (Wildman–Crippen LogP) is 3.70. The van der Waals surface area contributed by atoms with E-state index in [0.717, 1.165) is 36.5 Å². The summed E-state index contributed by atoms with van der Waals surface area (Å²) in [5, 5.41) is 3.93. The zero-order valence-corrected chi connectivity index (χ0v) is 15.1. The summed E-state index contributed by atoms with van der Waals surface area (Å²) in [4.78, 5) is 4.32. The van der Waals surface area contributed by atoms with Crippen LogP contribution >= 0.6 is 12.2 Å². The number of nitrogens with zero attached hydrogens (tertiary/aromatic N) is 2. The van der Waals surface area contributed by atoms with Crippen LogP contribution in [0.25, 0.3) is 0 Å². The van der Waals surface area contributed by atoms with E-state index in [-0.39, 0.29) is 5.82 Å². The number of nitrogens with one attached hydrogen (secondary N) is 1. The molecule has 1 fully saturated rings. The van der Waals surface area contributed by atoms with Crippen LogP contribution in [0.2, 0.25) is 0 Å². The fourth-order valence-corrected chi connectivity index (χ4v) is 3.20. The topological polar surface area (TPSA) is 27.7 Å². The van der Waals surface area contributed by atoms with Gasteiger partial charge in [0.15, 0.2) is 5.11 Å². The Morgan fingerprint density at radius 2 is 2.04 bits per heavy atom. The van der Waals surface area contributed by atoms with Crippen molar-refractivity contribution in [2.75, 3.05) is 32.2 Å². The van der Waals surface area contributed by atoms with E-state index < -0.39 is 0 Å². The zero-order chi connectivity index (χ0) is 17.6. The van der Waals surface area contributed by atoms with Gasteiger partial charge in [0.1, 0.15) is 11.6 Å². The molecule has 0 spiro atoms. The standard InChI is InChI=1S/C19H22FN3OS/c1-24-17-8-4-7-16(12-17)21-19(25)23-11-5-10-22(14-23)13-15-6-2-3-9-18(15)20/h2-4,6-9,12H,5,10-11,13-14H2,1H3,(H,21,25). The lowest BCUT2D eigenvalue weighted by molar-refractivity contribution is 0.132. The lowest BCUT2D eigenvalue weighted by Crippen LogP contribution is -2.48. The molecule has 0 atom stereocenters. The quantitative estimate of drug-likeness (QED) is 0.841. The van der Waals surface area contributed by atoms with Crippen molar-refractivity contribution in [1.82, 2.24) is 9.80 Å². The first-order chi connectivity index (χ1) is 12.2. The van der Waals surface area contributed by atoms with Crippen molar-refractivity contribution in [2.24, 2.45) is 0 Å². The molecule has 0 aliphatic carbocycles. The monoisotopic (exact) mass is 359 g/mol. The molecule has 4 nitrogen and oxygen atoms in total. The van der Waals surface area contributed by atoms with Crippen molar-refractivity contribution in [2.45, 2.75) is 13.0 Å². The van der Waals surface area contributed by atoms with Gasteiger partial charge in [0.2, 0.25) is 0 Å². The van der Waals surface area contributed by atoms with Crippen molar-refractivity contribution < 1.29 is 9.13 Å². The van der Waals surface area contributed by atoms with Crippen LogP contribution in [0.1, 0.15) is 12.0 Å². The molecular formula is C19H22FN3OS. The maximum atomic E-state index is 13.9. The molecule has 0 saturated carbocycles. The van der Waals surface area contributed by atoms with Gasteiger partial charge in [-0.2, -0.15) is 0 Å². The number of hydrogen-bond acceptors (Lipinski definition) is 3. The lowest BCUT2D eigenvalue weighted by Gasteiger charge is -2.37. The van der Waals surface area contributed by atoms with Crippen LogP contribution in [-0.2, 0) is 6.54 Å². The van der Waals surface area contributed by atoms with E-state index in [2.05, 4.69) is 15.1 Å². The summed E-state index contributed by atoms with van der Waals surface area (Å²) in [6.07, 6.45) is 0.994. The summed E-state index contributed by atoms with van der Waals surface area (Å²) in [5.41, 5.74) is 1.62. The zero-order valence-electron chi connectivity index (χ0n) is 14.2. The SMILES string of the molecule is COc1cccc(NC(=S)N2CCCN(Cc3ccccc3F)C2)c1. The number of ether oxygens (including phenoxy) is 1. The molecule has 0 unspecified atom stereocenters. The number of thiocarbonyl (C=S) groups is 1. The van der Waals surface area contributed by atoms with Gasteiger partial charge in [-0.3, -0.25) is 4.90 Å². The van der Waals surface area contributed by atoms with E-state index >= 15 is 0 Å². The largest absolute Gasteiger partial charge is 0.497 e. The van der Waals surface area contributed by atoms with Crippen molar-refractivity contribution in [1.29, 1.82) is 0 Å². The molecule has 1 heterocycles. The molecular weight excluding hydrogens is 337 g/mol. The maximum absolute atomic E-state index is 13.9. The van der Waals surface area contributed by atoms with Crippen LogP contribution in [0.4, 0.5) is 10.1 Å².